The van der Waals surface area contributed by atoms with E-state index in [0.717, 1.165) is 0 Å². The van der Waals surface area contributed by atoms with Gasteiger partial charge in [0.15, 0.2) is 0 Å². The van der Waals surface area contributed by atoms with Gasteiger partial charge in [-0.25, -0.2) is 13.4 Å². The molecule has 0 amide bonds. The molecule has 0 aliphatic carbocycles. The predicted molar refractivity (Wildman–Crippen MR) is 74.7 cm³/mol. The highest BCUT2D eigenvalue weighted by atomic mass is 32.2. The Morgan fingerprint density at radius 2 is 2.26 bits per heavy atom. The van der Waals surface area contributed by atoms with E-state index in [1.54, 1.807) is 43.2 Å². The zero-order valence-electron chi connectivity index (χ0n) is 10.4. The van der Waals surface area contributed by atoms with Crippen LogP contribution >= 0.6 is 11.3 Å². The monoisotopic (exact) mass is 298 g/mol. The maximum Gasteiger partial charge on any atom is 0.252 e. The molecule has 0 spiro atoms. The van der Waals surface area contributed by atoms with E-state index in [9.17, 15) is 8.42 Å². The second-order valence-corrected chi connectivity index (χ2v) is 7.00. The number of rotatable bonds is 6. The van der Waals surface area contributed by atoms with Crippen LogP contribution in [0, 0.1) is 0 Å². The molecule has 0 bridgehead atoms. The molecule has 0 aliphatic heterocycles. The third-order valence-electron chi connectivity index (χ3n) is 2.46. The molecule has 2 rings (SSSR count). The molecule has 0 aromatic carbocycles. The topological polar surface area (TPSA) is 75.2 Å². The highest BCUT2D eigenvalue weighted by molar-refractivity contribution is 7.91. The number of nitrogens with zero attached hydrogens (tertiary/aromatic N) is 3. The van der Waals surface area contributed by atoms with E-state index in [0.29, 0.717) is 23.1 Å². The number of nitrogens with one attached hydrogen (secondary N) is 1. The van der Waals surface area contributed by atoms with Gasteiger partial charge in [0.2, 0.25) is 0 Å². The summed E-state index contributed by atoms with van der Waals surface area (Å²) in [6.45, 7) is 0.830. The lowest BCUT2D eigenvalue weighted by molar-refractivity contribution is 0.482. The van der Waals surface area contributed by atoms with Crippen LogP contribution in [0.5, 0.6) is 0 Å². The SMILES string of the molecule is CN(CCNc1cnccn1)S(=O)(=O)c1cccs1. The van der Waals surface area contributed by atoms with Crippen LogP contribution < -0.4 is 5.32 Å². The highest BCUT2D eigenvalue weighted by Gasteiger charge is 2.20. The Balaban J connectivity index is 1.90. The van der Waals surface area contributed by atoms with Crippen LogP contribution in [-0.4, -0.2) is 42.8 Å². The second-order valence-electron chi connectivity index (χ2n) is 3.78. The molecule has 0 fully saturated rings. The van der Waals surface area contributed by atoms with E-state index in [1.807, 2.05) is 0 Å². The first kappa shape index (κ1) is 13.9. The van der Waals surface area contributed by atoms with Gasteiger partial charge in [-0.3, -0.25) is 4.98 Å². The van der Waals surface area contributed by atoms with E-state index < -0.39 is 10.0 Å². The van der Waals surface area contributed by atoms with Crippen LogP contribution in [0.1, 0.15) is 0 Å². The van der Waals surface area contributed by atoms with Gasteiger partial charge in [-0.1, -0.05) is 6.07 Å². The van der Waals surface area contributed by atoms with E-state index >= 15 is 0 Å². The van der Waals surface area contributed by atoms with Gasteiger partial charge in [-0.05, 0) is 11.4 Å². The van der Waals surface area contributed by atoms with E-state index in [1.165, 1.54) is 15.6 Å². The molecule has 1 N–H and O–H groups in total. The molecule has 2 heterocycles. The van der Waals surface area contributed by atoms with E-state index in [2.05, 4.69) is 15.3 Å². The first-order valence-corrected chi connectivity index (χ1v) is 7.92. The van der Waals surface area contributed by atoms with Crippen molar-refractivity contribution in [2.75, 3.05) is 25.5 Å². The molecule has 0 unspecified atom stereocenters. The third-order valence-corrected chi connectivity index (χ3v) is 5.69. The lowest BCUT2D eigenvalue weighted by atomic mass is 10.6. The Hall–Kier alpha value is -1.51. The number of sulfonamides is 1. The van der Waals surface area contributed by atoms with Gasteiger partial charge in [0.25, 0.3) is 10.0 Å². The fourth-order valence-electron chi connectivity index (χ4n) is 1.42. The van der Waals surface area contributed by atoms with Crippen molar-refractivity contribution < 1.29 is 8.42 Å². The van der Waals surface area contributed by atoms with Gasteiger partial charge in [0, 0.05) is 32.5 Å². The Morgan fingerprint density at radius 1 is 1.42 bits per heavy atom. The summed E-state index contributed by atoms with van der Waals surface area (Å²) in [6.07, 6.45) is 4.75. The number of likely N-dealkylation sites (N-methyl/N-ethyl adjacent to an activating group) is 1. The average Bonchev–Trinajstić information content (AvgIpc) is 2.94. The quantitative estimate of drug-likeness (QED) is 0.869. The standard InChI is InChI=1S/C11H14N4O2S2/c1-15(19(16,17)11-3-2-8-18-11)7-6-14-10-9-12-4-5-13-10/h2-5,8-9H,6-7H2,1H3,(H,13,14). The minimum atomic E-state index is -3.37. The molecule has 0 radical (unpaired) electrons. The Kier molecular flexibility index (Phi) is 4.46. The number of hydrogen-bond donors (Lipinski definition) is 1. The molecular weight excluding hydrogens is 284 g/mol. The van der Waals surface area contributed by atoms with Crippen molar-refractivity contribution in [1.82, 2.24) is 14.3 Å². The van der Waals surface area contributed by atoms with Crippen LogP contribution in [0.4, 0.5) is 5.82 Å². The van der Waals surface area contributed by atoms with E-state index in [4.69, 9.17) is 0 Å². The van der Waals surface area contributed by atoms with Crippen LogP contribution in [0.3, 0.4) is 0 Å². The largest absolute Gasteiger partial charge is 0.367 e. The molecular formula is C11H14N4O2S2. The summed E-state index contributed by atoms with van der Waals surface area (Å²) in [5, 5.41) is 4.77. The summed E-state index contributed by atoms with van der Waals surface area (Å²) < 4.78 is 25.9. The van der Waals surface area contributed by atoms with Gasteiger partial charge >= 0.3 is 0 Å². The molecule has 2 aromatic rings. The number of thiophene rings is 1. The first-order chi connectivity index (χ1) is 9.10. The molecule has 0 saturated carbocycles. The van der Waals surface area contributed by atoms with Crippen molar-refractivity contribution in [1.29, 1.82) is 0 Å². The van der Waals surface area contributed by atoms with E-state index in [-0.39, 0.29) is 0 Å². The predicted octanol–water partition coefficient (Wildman–Crippen LogP) is 1.27. The zero-order chi connectivity index (χ0) is 13.7. The van der Waals surface area contributed by atoms with Crippen molar-refractivity contribution in [3.05, 3.63) is 36.1 Å². The fraction of sp³-hybridized carbons (Fsp3) is 0.273. The van der Waals surface area contributed by atoms with Gasteiger partial charge in [-0.2, -0.15) is 4.31 Å². The van der Waals surface area contributed by atoms with Crippen molar-refractivity contribution in [2.45, 2.75) is 4.21 Å². The zero-order valence-corrected chi connectivity index (χ0v) is 12.0. The van der Waals surface area contributed by atoms with Crippen LogP contribution in [0.25, 0.3) is 0 Å². The summed E-state index contributed by atoms with van der Waals surface area (Å²) >= 11 is 1.22. The molecule has 8 heteroatoms. The Morgan fingerprint density at radius 3 is 2.89 bits per heavy atom. The van der Waals surface area contributed by atoms with Crippen molar-refractivity contribution in [2.24, 2.45) is 0 Å². The summed E-state index contributed by atoms with van der Waals surface area (Å²) in [6, 6.07) is 3.33. The van der Waals surface area contributed by atoms with Gasteiger partial charge in [0.05, 0.1) is 6.20 Å². The Bertz CT molecular complexity index is 599. The minimum absolute atomic E-state index is 0.356. The average molecular weight is 298 g/mol. The van der Waals surface area contributed by atoms with Crippen LogP contribution in [0.15, 0.2) is 40.3 Å². The summed E-state index contributed by atoms with van der Waals surface area (Å²) in [5.41, 5.74) is 0. The first-order valence-electron chi connectivity index (χ1n) is 5.60. The normalized spacial score (nSPS) is 11.7. The lowest BCUT2D eigenvalue weighted by Crippen LogP contribution is -2.31. The van der Waals surface area contributed by atoms with Gasteiger partial charge < -0.3 is 5.32 Å². The minimum Gasteiger partial charge on any atom is -0.367 e. The van der Waals surface area contributed by atoms with Gasteiger partial charge in [-0.15, -0.1) is 11.3 Å². The highest BCUT2D eigenvalue weighted by Crippen LogP contribution is 2.19. The van der Waals surface area contributed by atoms with Crippen molar-refractivity contribution in [3.8, 4) is 0 Å². The molecule has 0 aliphatic rings. The number of aromatic nitrogens is 2. The molecule has 0 atom stereocenters. The number of anilines is 1. The molecule has 102 valence electrons. The van der Waals surface area contributed by atoms with Crippen LogP contribution in [-0.2, 0) is 10.0 Å². The summed E-state index contributed by atoms with van der Waals surface area (Å²) in [5.74, 6) is 0.629. The van der Waals surface area contributed by atoms with Crippen LogP contribution in [0.2, 0.25) is 0 Å². The molecule has 0 saturated heterocycles. The molecule has 19 heavy (non-hydrogen) atoms. The molecule has 2 aromatic heterocycles. The second kappa shape index (κ2) is 6.09. The van der Waals surface area contributed by atoms with Crippen molar-refractivity contribution in [3.63, 3.8) is 0 Å². The van der Waals surface area contributed by atoms with Gasteiger partial charge in [0.1, 0.15) is 10.0 Å². The summed E-state index contributed by atoms with van der Waals surface area (Å²) in [4.78, 5) is 7.96. The maximum absolute atomic E-state index is 12.1. The smallest absolute Gasteiger partial charge is 0.252 e. The van der Waals surface area contributed by atoms with Crippen molar-refractivity contribution >= 4 is 27.2 Å². The summed E-state index contributed by atoms with van der Waals surface area (Å²) in [7, 11) is -1.81. The Labute approximate surface area is 116 Å². The molecule has 6 nitrogen and oxygen atoms in total. The maximum atomic E-state index is 12.1. The third kappa shape index (κ3) is 3.49. The fourth-order valence-corrected chi connectivity index (χ4v) is 3.79. The lowest BCUT2D eigenvalue weighted by Gasteiger charge is -2.16. The number of hydrogen-bond acceptors (Lipinski definition) is 6.